The van der Waals surface area contributed by atoms with E-state index in [9.17, 15) is 5.11 Å². The molecule has 2 N–H and O–H groups in total. The van der Waals surface area contributed by atoms with Gasteiger partial charge in [0.1, 0.15) is 0 Å². The molecule has 0 aromatic carbocycles. The Morgan fingerprint density at radius 1 is 1.07 bits per heavy atom. The van der Waals surface area contributed by atoms with E-state index in [0.29, 0.717) is 13.2 Å². The average Bonchev–Trinajstić information content (AvgIpc) is 2.20. The van der Waals surface area contributed by atoms with Crippen molar-refractivity contribution in [2.24, 2.45) is 0 Å². The molecule has 1 unspecified atom stereocenters. The zero-order valence-corrected chi connectivity index (χ0v) is 9.24. The van der Waals surface area contributed by atoms with Crippen LogP contribution in [0.15, 0.2) is 0 Å². The molecule has 0 aliphatic heterocycles. The second-order valence-corrected chi connectivity index (χ2v) is 3.61. The minimum atomic E-state index is -0.576. The zero-order valence-electron chi connectivity index (χ0n) is 9.24. The zero-order chi connectivity index (χ0) is 10.6. The minimum absolute atomic E-state index is 0.294. The van der Waals surface area contributed by atoms with Crippen molar-refractivity contribution in [3.05, 3.63) is 0 Å². The largest absolute Gasteiger partial charge is 0.396 e. The van der Waals surface area contributed by atoms with Gasteiger partial charge in [-0.25, -0.2) is 0 Å². The summed E-state index contributed by atoms with van der Waals surface area (Å²) in [6.07, 6.45) is 6.36. The molecule has 0 spiro atoms. The highest BCUT2D eigenvalue weighted by atomic mass is 16.6. The van der Waals surface area contributed by atoms with Gasteiger partial charge in [0.15, 0.2) is 6.29 Å². The standard InChI is InChI=1S/C11H24O3/c1-2-10-14-11(13)8-6-4-3-5-7-9-12/h11-13H,2-10H2,1H3. The lowest BCUT2D eigenvalue weighted by molar-refractivity contribution is -0.104. The molecule has 3 nitrogen and oxygen atoms in total. The third kappa shape index (κ3) is 9.96. The van der Waals surface area contributed by atoms with Crippen LogP contribution in [0.2, 0.25) is 0 Å². The molecule has 0 saturated carbocycles. The van der Waals surface area contributed by atoms with Crippen LogP contribution >= 0.6 is 0 Å². The molecule has 0 fully saturated rings. The van der Waals surface area contributed by atoms with Crippen molar-refractivity contribution in [1.82, 2.24) is 0 Å². The molecule has 0 aliphatic rings. The SMILES string of the molecule is CCCOC(O)CCCCCCCO. The minimum Gasteiger partial charge on any atom is -0.396 e. The summed E-state index contributed by atoms with van der Waals surface area (Å²) in [7, 11) is 0. The molecule has 14 heavy (non-hydrogen) atoms. The van der Waals surface area contributed by atoms with Gasteiger partial charge in [-0.2, -0.15) is 0 Å². The van der Waals surface area contributed by atoms with Gasteiger partial charge >= 0.3 is 0 Å². The third-order valence-corrected chi connectivity index (χ3v) is 2.12. The number of ether oxygens (including phenoxy) is 1. The molecule has 0 rings (SSSR count). The van der Waals surface area contributed by atoms with E-state index in [1.54, 1.807) is 0 Å². The highest BCUT2D eigenvalue weighted by Gasteiger charge is 2.02. The Hall–Kier alpha value is -0.120. The molecule has 0 heterocycles. The maximum absolute atomic E-state index is 9.32. The Balaban J connectivity index is 3.02. The summed E-state index contributed by atoms with van der Waals surface area (Å²) in [6.45, 7) is 2.97. The predicted octanol–water partition coefficient (Wildman–Crippen LogP) is 2.06. The van der Waals surface area contributed by atoms with E-state index < -0.39 is 6.29 Å². The fourth-order valence-corrected chi connectivity index (χ4v) is 1.30. The predicted molar refractivity (Wildman–Crippen MR) is 57.0 cm³/mol. The Morgan fingerprint density at radius 2 is 1.71 bits per heavy atom. The second-order valence-electron chi connectivity index (χ2n) is 3.61. The van der Waals surface area contributed by atoms with Gasteiger partial charge < -0.3 is 14.9 Å². The Bertz CT molecular complexity index is 107. The second kappa shape index (κ2) is 11.0. The van der Waals surface area contributed by atoms with E-state index in [2.05, 4.69) is 0 Å². The lowest BCUT2D eigenvalue weighted by Gasteiger charge is -2.10. The topological polar surface area (TPSA) is 49.7 Å². The Kier molecular flexibility index (Phi) is 10.9. The number of aliphatic hydroxyl groups excluding tert-OH is 2. The highest BCUT2D eigenvalue weighted by molar-refractivity contribution is 4.47. The maximum atomic E-state index is 9.32. The van der Waals surface area contributed by atoms with E-state index in [0.717, 1.165) is 44.9 Å². The van der Waals surface area contributed by atoms with E-state index in [4.69, 9.17) is 9.84 Å². The van der Waals surface area contributed by atoms with Crippen molar-refractivity contribution in [3.63, 3.8) is 0 Å². The molecular weight excluding hydrogens is 180 g/mol. The van der Waals surface area contributed by atoms with Gasteiger partial charge in [0.25, 0.3) is 0 Å². The fourth-order valence-electron chi connectivity index (χ4n) is 1.30. The molecule has 86 valence electrons. The number of aliphatic hydroxyl groups is 2. The number of hydrogen-bond donors (Lipinski definition) is 2. The first-order valence-electron chi connectivity index (χ1n) is 5.71. The van der Waals surface area contributed by atoms with Crippen LogP contribution in [0.3, 0.4) is 0 Å². The molecule has 0 aromatic rings. The third-order valence-electron chi connectivity index (χ3n) is 2.12. The van der Waals surface area contributed by atoms with Crippen LogP contribution < -0.4 is 0 Å². The number of rotatable bonds is 10. The molecule has 0 bridgehead atoms. The van der Waals surface area contributed by atoms with Crippen LogP contribution in [0.1, 0.15) is 51.9 Å². The van der Waals surface area contributed by atoms with Crippen LogP contribution in [0.4, 0.5) is 0 Å². The van der Waals surface area contributed by atoms with E-state index >= 15 is 0 Å². The van der Waals surface area contributed by atoms with Crippen molar-refractivity contribution in [2.45, 2.75) is 58.2 Å². The smallest absolute Gasteiger partial charge is 0.154 e. The maximum Gasteiger partial charge on any atom is 0.154 e. The lowest BCUT2D eigenvalue weighted by Crippen LogP contribution is -2.12. The lowest BCUT2D eigenvalue weighted by atomic mass is 10.1. The van der Waals surface area contributed by atoms with Crippen LogP contribution in [0, 0.1) is 0 Å². The van der Waals surface area contributed by atoms with E-state index in [-0.39, 0.29) is 0 Å². The molecule has 0 amide bonds. The normalized spacial score (nSPS) is 13.1. The summed E-state index contributed by atoms with van der Waals surface area (Å²) in [5.41, 5.74) is 0. The number of hydrogen-bond acceptors (Lipinski definition) is 3. The van der Waals surface area contributed by atoms with Crippen molar-refractivity contribution in [1.29, 1.82) is 0 Å². The van der Waals surface area contributed by atoms with Gasteiger partial charge in [0.2, 0.25) is 0 Å². The first-order chi connectivity index (χ1) is 6.81. The van der Waals surface area contributed by atoms with E-state index in [1.165, 1.54) is 0 Å². The van der Waals surface area contributed by atoms with Crippen LogP contribution in [-0.4, -0.2) is 29.7 Å². The average molecular weight is 204 g/mol. The molecule has 0 saturated heterocycles. The first kappa shape index (κ1) is 13.9. The summed E-state index contributed by atoms with van der Waals surface area (Å²) in [5.74, 6) is 0. The van der Waals surface area contributed by atoms with Gasteiger partial charge in [0, 0.05) is 13.2 Å². The highest BCUT2D eigenvalue weighted by Crippen LogP contribution is 2.08. The summed E-state index contributed by atoms with van der Waals surface area (Å²) in [5, 5.41) is 17.9. The summed E-state index contributed by atoms with van der Waals surface area (Å²) < 4.78 is 5.13. The van der Waals surface area contributed by atoms with Gasteiger partial charge in [-0.05, 0) is 25.7 Å². The molecule has 0 aliphatic carbocycles. The first-order valence-corrected chi connectivity index (χ1v) is 5.71. The molecule has 1 atom stereocenters. The van der Waals surface area contributed by atoms with Gasteiger partial charge in [-0.3, -0.25) is 0 Å². The van der Waals surface area contributed by atoms with Crippen molar-refractivity contribution < 1.29 is 14.9 Å². The van der Waals surface area contributed by atoms with Crippen molar-refractivity contribution in [3.8, 4) is 0 Å². The fraction of sp³-hybridized carbons (Fsp3) is 1.00. The summed E-state index contributed by atoms with van der Waals surface area (Å²) in [4.78, 5) is 0. The number of unbranched alkanes of at least 4 members (excludes halogenated alkanes) is 4. The van der Waals surface area contributed by atoms with Crippen LogP contribution in [0.25, 0.3) is 0 Å². The Morgan fingerprint density at radius 3 is 2.36 bits per heavy atom. The summed E-state index contributed by atoms with van der Waals surface area (Å²) >= 11 is 0. The monoisotopic (exact) mass is 204 g/mol. The van der Waals surface area contributed by atoms with Crippen molar-refractivity contribution in [2.75, 3.05) is 13.2 Å². The van der Waals surface area contributed by atoms with Gasteiger partial charge in [-0.1, -0.05) is 26.2 Å². The van der Waals surface area contributed by atoms with E-state index in [1.807, 2.05) is 6.92 Å². The van der Waals surface area contributed by atoms with Crippen LogP contribution in [0.5, 0.6) is 0 Å². The molecular formula is C11H24O3. The quantitative estimate of drug-likeness (QED) is 0.423. The summed E-state index contributed by atoms with van der Waals surface area (Å²) in [6, 6.07) is 0. The van der Waals surface area contributed by atoms with Gasteiger partial charge in [-0.15, -0.1) is 0 Å². The Labute approximate surface area is 87.1 Å². The molecule has 0 radical (unpaired) electrons. The van der Waals surface area contributed by atoms with Crippen LogP contribution in [-0.2, 0) is 4.74 Å². The molecule has 0 aromatic heterocycles. The van der Waals surface area contributed by atoms with Gasteiger partial charge in [0.05, 0.1) is 0 Å². The van der Waals surface area contributed by atoms with Crippen molar-refractivity contribution >= 4 is 0 Å². The molecule has 3 heteroatoms.